The predicted molar refractivity (Wildman–Crippen MR) is 67.3 cm³/mol. The van der Waals surface area contributed by atoms with Crippen molar-refractivity contribution in [1.82, 2.24) is 0 Å². The SMILES string of the molecule is NCC(OCc1ccco1)c1ccc(Br)s1. The van der Waals surface area contributed by atoms with Crippen molar-refractivity contribution in [3.05, 3.63) is 45.0 Å². The van der Waals surface area contributed by atoms with Gasteiger partial charge in [0, 0.05) is 11.4 Å². The van der Waals surface area contributed by atoms with E-state index < -0.39 is 0 Å². The first-order valence-corrected chi connectivity index (χ1v) is 6.50. The van der Waals surface area contributed by atoms with Crippen LogP contribution in [0.2, 0.25) is 0 Å². The summed E-state index contributed by atoms with van der Waals surface area (Å²) in [5, 5.41) is 0. The molecule has 0 saturated carbocycles. The number of ether oxygens (including phenoxy) is 1. The molecule has 0 amide bonds. The van der Waals surface area contributed by atoms with Crippen LogP contribution in [0, 0.1) is 0 Å². The number of hydrogen-bond donors (Lipinski definition) is 1. The molecule has 0 aromatic carbocycles. The number of halogens is 1. The first kappa shape index (κ1) is 11.9. The van der Waals surface area contributed by atoms with Crippen molar-refractivity contribution >= 4 is 27.3 Å². The monoisotopic (exact) mass is 301 g/mol. The highest BCUT2D eigenvalue weighted by Crippen LogP contribution is 2.29. The lowest BCUT2D eigenvalue weighted by Crippen LogP contribution is -2.14. The van der Waals surface area contributed by atoms with E-state index >= 15 is 0 Å². The standard InChI is InChI=1S/C11H12BrNO2S/c12-11-4-3-10(16-11)9(6-13)15-7-8-2-1-5-14-8/h1-5,9H,6-7,13H2. The average Bonchev–Trinajstić information content (AvgIpc) is 2.91. The Balaban J connectivity index is 1.96. The maximum Gasteiger partial charge on any atom is 0.129 e. The smallest absolute Gasteiger partial charge is 0.129 e. The molecule has 0 radical (unpaired) electrons. The van der Waals surface area contributed by atoms with E-state index in [1.807, 2.05) is 24.3 Å². The molecule has 0 aliphatic heterocycles. The lowest BCUT2D eigenvalue weighted by molar-refractivity contribution is 0.0377. The molecule has 0 spiro atoms. The molecule has 0 bridgehead atoms. The van der Waals surface area contributed by atoms with Gasteiger partial charge in [0.2, 0.25) is 0 Å². The Bertz CT molecular complexity index is 427. The molecule has 3 nitrogen and oxygen atoms in total. The van der Waals surface area contributed by atoms with Crippen LogP contribution in [0.5, 0.6) is 0 Å². The third kappa shape index (κ3) is 2.95. The van der Waals surface area contributed by atoms with E-state index in [4.69, 9.17) is 14.9 Å². The molecule has 5 heteroatoms. The summed E-state index contributed by atoms with van der Waals surface area (Å²) in [5.41, 5.74) is 5.69. The van der Waals surface area contributed by atoms with Crippen LogP contribution in [-0.4, -0.2) is 6.54 Å². The Labute approximate surface area is 106 Å². The van der Waals surface area contributed by atoms with Crippen molar-refractivity contribution in [2.24, 2.45) is 5.73 Å². The Morgan fingerprint density at radius 1 is 1.44 bits per heavy atom. The van der Waals surface area contributed by atoms with Crippen LogP contribution in [-0.2, 0) is 11.3 Å². The van der Waals surface area contributed by atoms with Crippen LogP contribution in [0.1, 0.15) is 16.7 Å². The van der Waals surface area contributed by atoms with Crippen molar-refractivity contribution in [1.29, 1.82) is 0 Å². The number of rotatable bonds is 5. The van der Waals surface area contributed by atoms with Gasteiger partial charge in [-0.1, -0.05) is 0 Å². The second-order valence-corrected chi connectivity index (χ2v) is 5.75. The highest BCUT2D eigenvalue weighted by Gasteiger charge is 2.13. The lowest BCUT2D eigenvalue weighted by Gasteiger charge is -2.13. The van der Waals surface area contributed by atoms with Gasteiger partial charge in [-0.15, -0.1) is 11.3 Å². The molecular weight excluding hydrogens is 290 g/mol. The minimum atomic E-state index is -0.0681. The topological polar surface area (TPSA) is 48.4 Å². The van der Waals surface area contributed by atoms with Gasteiger partial charge in [-0.05, 0) is 40.2 Å². The quantitative estimate of drug-likeness (QED) is 0.921. The van der Waals surface area contributed by atoms with Crippen molar-refractivity contribution in [3.8, 4) is 0 Å². The van der Waals surface area contributed by atoms with Crippen molar-refractivity contribution in [3.63, 3.8) is 0 Å². The molecule has 0 saturated heterocycles. The van der Waals surface area contributed by atoms with Crippen LogP contribution in [0.25, 0.3) is 0 Å². The molecule has 2 rings (SSSR count). The number of furan rings is 1. The van der Waals surface area contributed by atoms with E-state index in [0.717, 1.165) is 14.4 Å². The van der Waals surface area contributed by atoms with Gasteiger partial charge in [0.05, 0.1) is 10.0 Å². The van der Waals surface area contributed by atoms with Crippen molar-refractivity contribution < 1.29 is 9.15 Å². The van der Waals surface area contributed by atoms with Crippen LogP contribution in [0.3, 0.4) is 0 Å². The highest BCUT2D eigenvalue weighted by atomic mass is 79.9. The fraction of sp³-hybridized carbons (Fsp3) is 0.273. The summed E-state index contributed by atoms with van der Waals surface area (Å²) in [7, 11) is 0. The van der Waals surface area contributed by atoms with Gasteiger partial charge in [-0.3, -0.25) is 0 Å². The van der Waals surface area contributed by atoms with Crippen LogP contribution in [0.15, 0.2) is 38.7 Å². The van der Waals surface area contributed by atoms with Gasteiger partial charge < -0.3 is 14.9 Å². The molecule has 0 aliphatic carbocycles. The van der Waals surface area contributed by atoms with Gasteiger partial charge in [-0.25, -0.2) is 0 Å². The molecule has 16 heavy (non-hydrogen) atoms. The van der Waals surface area contributed by atoms with Crippen LogP contribution in [0.4, 0.5) is 0 Å². The molecule has 2 aromatic rings. The van der Waals surface area contributed by atoms with Crippen molar-refractivity contribution in [2.75, 3.05) is 6.54 Å². The molecule has 2 N–H and O–H groups in total. The summed E-state index contributed by atoms with van der Waals surface area (Å²) in [4.78, 5) is 1.13. The average molecular weight is 302 g/mol. The first-order chi connectivity index (χ1) is 7.79. The zero-order valence-electron chi connectivity index (χ0n) is 8.56. The van der Waals surface area contributed by atoms with Gasteiger partial charge in [0.25, 0.3) is 0 Å². The number of thiophene rings is 1. The number of hydrogen-bond acceptors (Lipinski definition) is 4. The van der Waals surface area contributed by atoms with E-state index in [9.17, 15) is 0 Å². The molecular formula is C11H12BrNO2S. The van der Waals surface area contributed by atoms with E-state index in [1.54, 1.807) is 17.6 Å². The van der Waals surface area contributed by atoms with E-state index in [0.29, 0.717) is 13.2 Å². The summed E-state index contributed by atoms with van der Waals surface area (Å²) >= 11 is 5.06. The third-order valence-corrected chi connectivity index (χ3v) is 3.85. The van der Waals surface area contributed by atoms with Gasteiger partial charge in [0.1, 0.15) is 18.5 Å². The third-order valence-electron chi connectivity index (χ3n) is 2.13. The molecule has 0 fully saturated rings. The largest absolute Gasteiger partial charge is 0.467 e. The van der Waals surface area contributed by atoms with Gasteiger partial charge in [0.15, 0.2) is 0 Å². The first-order valence-electron chi connectivity index (χ1n) is 4.89. The zero-order chi connectivity index (χ0) is 11.4. The predicted octanol–water partition coefficient (Wildman–Crippen LogP) is 3.32. The molecule has 1 atom stereocenters. The Morgan fingerprint density at radius 3 is 2.88 bits per heavy atom. The maximum absolute atomic E-state index is 5.71. The zero-order valence-corrected chi connectivity index (χ0v) is 11.0. The fourth-order valence-corrected chi connectivity index (χ4v) is 2.83. The van der Waals surface area contributed by atoms with E-state index in [1.165, 1.54) is 0 Å². The molecule has 2 heterocycles. The summed E-state index contributed by atoms with van der Waals surface area (Å²) in [6.45, 7) is 0.915. The Hall–Kier alpha value is -0.620. The Kier molecular flexibility index (Phi) is 4.17. The normalized spacial score (nSPS) is 12.9. The molecule has 86 valence electrons. The molecule has 2 aromatic heterocycles. The second-order valence-electron chi connectivity index (χ2n) is 3.26. The summed E-state index contributed by atoms with van der Waals surface area (Å²) in [5.74, 6) is 0.814. The van der Waals surface area contributed by atoms with Gasteiger partial charge in [-0.2, -0.15) is 0 Å². The minimum Gasteiger partial charge on any atom is -0.467 e. The summed E-state index contributed by atoms with van der Waals surface area (Å²) in [6, 6.07) is 7.75. The van der Waals surface area contributed by atoms with Crippen molar-refractivity contribution in [2.45, 2.75) is 12.7 Å². The molecule has 0 aliphatic rings. The molecule has 1 unspecified atom stereocenters. The summed E-state index contributed by atoms with van der Waals surface area (Å²) in [6.07, 6.45) is 1.57. The van der Waals surface area contributed by atoms with E-state index in [-0.39, 0.29) is 6.10 Å². The van der Waals surface area contributed by atoms with E-state index in [2.05, 4.69) is 15.9 Å². The second kappa shape index (κ2) is 5.63. The highest BCUT2D eigenvalue weighted by molar-refractivity contribution is 9.11. The Morgan fingerprint density at radius 2 is 2.31 bits per heavy atom. The van der Waals surface area contributed by atoms with Crippen LogP contribution >= 0.6 is 27.3 Å². The van der Waals surface area contributed by atoms with Gasteiger partial charge >= 0.3 is 0 Å². The number of nitrogens with two attached hydrogens (primary N) is 1. The lowest BCUT2D eigenvalue weighted by atomic mass is 10.3. The van der Waals surface area contributed by atoms with Crippen LogP contribution < -0.4 is 5.73 Å². The maximum atomic E-state index is 5.71. The summed E-state index contributed by atoms with van der Waals surface area (Å²) < 4.78 is 12.0. The minimum absolute atomic E-state index is 0.0681. The fourth-order valence-electron chi connectivity index (χ4n) is 1.35.